The topological polar surface area (TPSA) is 75.4 Å². The Hall–Kier alpha value is -1.39. The molecule has 0 aliphatic carbocycles. The van der Waals surface area contributed by atoms with E-state index in [0.717, 1.165) is 18.4 Å². The first kappa shape index (κ1) is 14.7. The lowest BCUT2D eigenvalue weighted by atomic mass is 10.1. The Morgan fingerprint density at radius 1 is 1.39 bits per heavy atom. The minimum Gasteiger partial charge on any atom is -0.394 e. The van der Waals surface area contributed by atoms with E-state index < -0.39 is 6.04 Å². The molecule has 1 aromatic rings. The van der Waals surface area contributed by atoms with Crippen molar-refractivity contribution < 1.29 is 9.90 Å². The second-order valence-electron chi connectivity index (χ2n) is 4.40. The van der Waals surface area contributed by atoms with E-state index in [4.69, 9.17) is 5.73 Å². The summed E-state index contributed by atoms with van der Waals surface area (Å²) < 4.78 is 0. The summed E-state index contributed by atoms with van der Waals surface area (Å²) in [6, 6.07) is 8.51. The molecule has 4 heteroatoms. The van der Waals surface area contributed by atoms with Gasteiger partial charge in [0.05, 0.1) is 18.7 Å². The summed E-state index contributed by atoms with van der Waals surface area (Å²) in [5.41, 5.74) is 6.68. The van der Waals surface area contributed by atoms with E-state index in [9.17, 15) is 9.90 Å². The van der Waals surface area contributed by atoms with E-state index in [-0.39, 0.29) is 18.6 Å². The van der Waals surface area contributed by atoms with Crippen LogP contribution in [0.2, 0.25) is 0 Å². The van der Waals surface area contributed by atoms with Crippen molar-refractivity contribution in [1.82, 2.24) is 5.32 Å². The van der Waals surface area contributed by atoms with Crippen LogP contribution < -0.4 is 11.1 Å². The summed E-state index contributed by atoms with van der Waals surface area (Å²) in [6.07, 6.45) is 2.63. The number of nitrogens with one attached hydrogen (secondary N) is 1. The molecule has 0 aliphatic heterocycles. The van der Waals surface area contributed by atoms with Crippen molar-refractivity contribution >= 4 is 5.91 Å². The minimum absolute atomic E-state index is 0.129. The molecule has 2 atom stereocenters. The van der Waals surface area contributed by atoms with Gasteiger partial charge in [-0.15, -0.1) is 0 Å². The van der Waals surface area contributed by atoms with Gasteiger partial charge in [0, 0.05) is 0 Å². The van der Waals surface area contributed by atoms with E-state index >= 15 is 0 Å². The fourth-order valence-electron chi connectivity index (χ4n) is 1.75. The van der Waals surface area contributed by atoms with Crippen molar-refractivity contribution in [2.45, 2.75) is 38.3 Å². The van der Waals surface area contributed by atoms with E-state index in [1.54, 1.807) is 0 Å². The van der Waals surface area contributed by atoms with Gasteiger partial charge in [-0.3, -0.25) is 4.79 Å². The van der Waals surface area contributed by atoms with Gasteiger partial charge in [0.2, 0.25) is 5.91 Å². The fraction of sp³-hybridized carbons (Fsp3) is 0.500. The quantitative estimate of drug-likeness (QED) is 0.684. The monoisotopic (exact) mass is 250 g/mol. The molecule has 0 fully saturated rings. The predicted molar refractivity (Wildman–Crippen MR) is 71.9 cm³/mol. The van der Waals surface area contributed by atoms with Crippen LogP contribution in [0.5, 0.6) is 0 Å². The van der Waals surface area contributed by atoms with Crippen LogP contribution in [0, 0.1) is 0 Å². The largest absolute Gasteiger partial charge is 0.394 e. The number of carbonyl (C=O) groups is 1. The highest BCUT2D eigenvalue weighted by molar-refractivity contribution is 5.81. The molecule has 0 saturated carbocycles. The minimum atomic E-state index is -0.497. The third-order valence-electron chi connectivity index (χ3n) is 2.91. The van der Waals surface area contributed by atoms with E-state index in [1.807, 2.05) is 30.3 Å². The van der Waals surface area contributed by atoms with Crippen LogP contribution in [0.4, 0.5) is 0 Å². The van der Waals surface area contributed by atoms with Crippen LogP contribution >= 0.6 is 0 Å². The average molecular weight is 250 g/mol. The number of hydrogen-bond acceptors (Lipinski definition) is 3. The van der Waals surface area contributed by atoms with Crippen molar-refractivity contribution in [3.05, 3.63) is 35.9 Å². The zero-order valence-corrected chi connectivity index (χ0v) is 10.8. The Bertz CT molecular complexity index is 354. The van der Waals surface area contributed by atoms with Gasteiger partial charge in [0.25, 0.3) is 0 Å². The number of amides is 1. The van der Waals surface area contributed by atoms with Crippen LogP contribution in [-0.2, 0) is 4.79 Å². The van der Waals surface area contributed by atoms with Crippen molar-refractivity contribution in [3.63, 3.8) is 0 Å². The molecule has 0 aromatic heterocycles. The maximum absolute atomic E-state index is 11.8. The maximum atomic E-state index is 11.8. The summed E-state index contributed by atoms with van der Waals surface area (Å²) in [5, 5.41) is 12.1. The molecule has 4 N–H and O–H groups in total. The van der Waals surface area contributed by atoms with Gasteiger partial charge in [0.15, 0.2) is 0 Å². The number of unbranched alkanes of at least 4 members (excludes halogenated alkanes) is 1. The second-order valence-corrected chi connectivity index (χ2v) is 4.40. The third-order valence-corrected chi connectivity index (χ3v) is 2.91. The lowest BCUT2D eigenvalue weighted by molar-refractivity contribution is -0.123. The molecule has 18 heavy (non-hydrogen) atoms. The fourth-order valence-corrected chi connectivity index (χ4v) is 1.75. The molecule has 1 rings (SSSR count). The summed E-state index contributed by atoms with van der Waals surface area (Å²) in [7, 11) is 0. The Morgan fingerprint density at radius 2 is 2.06 bits per heavy atom. The van der Waals surface area contributed by atoms with E-state index in [0.29, 0.717) is 6.42 Å². The van der Waals surface area contributed by atoms with Crippen molar-refractivity contribution in [3.8, 4) is 0 Å². The molecule has 0 unspecified atom stereocenters. The zero-order valence-electron chi connectivity index (χ0n) is 10.8. The van der Waals surface area contributed by atoms with Gasteiger partial charge in [-0.1, -0.05) is 50.1 Å². The first-order valence-corrected chi connectivity index (χ1v) is 6.40. The first-order chi connectivity index (χ1) is 8.69. The van der Waals surface area contributed by atoms with Gasteiger partial charge in [0.1, 0.15) is 0 Å². The number of rotatable bonds is 7. The van der Waals surface area contributed by atoms with Crippen LogP contribution in [-0.4, -0.2) is 23.7 Å². The Labute approximate surface area is 108 Å². The molecular weight excluding hydrogens is 228 g/mol. The summed E-state index contributed by atoms with van der Waals surface area (Å²) in [5.74, 6) is -0.202. The van der Waals surface area contributed by atoms with Crippen molar-refractivity contribution in [2.24, 2.45) is 5.73 Å². The molecule has 0 bridgehead atoms. The number of aliphatic hydroxyl groups is 1. The molecule has 0 aliphatic rings. The van der Waals surface area contributed by atoms with Crippen LogP contribution in [0.3, 0.4) is 0 Å². The number of hydrogen-bond donors (Lipinski definition) is 3. The Kier molecular flexibility index (Phi) is 6.39. The first-order valence-electron chi connectivity index (χ1n) is 6.40. The highest BCUT2D eigenvalue weighted by Gasteiger charge is 2.18. The number of aliphatic hydroxyl groups excluding tert-OH is 1. The van der Waals surface area contributed by atoms with Gasteiger partial charge in [-0.05, 0) is 12.0 Å². The van der Waals surface area contributed by atoms with Gasteiger partial charge in [-0.25, -0.2) is 0 Å². The van der Waals surface area contributed by atoms with Gasteiger partial charge in [-0.2, -0.15) is 0 Å². The van der Waals surface area contributed by atoms with E-state index in [1.165, 1.54) is 0 Å². The van der Waals surface area contributed by atoms with Crippen molar-refractivity contribution in [1.29, 1.82) is 0 Å². The number of carbonyl (C=O) groups excluding carboxylic acids is 1. The molecule has 1 amide bonds. The summed E-state index contributed by atoms with van der Waals surface area (Å²) in [6.45, 7) is 1.93. The molecule has 0 radical (unpaired) electrons. The van der Waals surface area contributed by atoms with Crippen molar-refractivity contribution in [2.75, 3.05) is 6.61 Å². The highest BCUT2D eigenvalue weighted by atomic mass is 16.3. The predicted octanol–water partition coefficient (Wildman–Crippen LogP) is 1.35. The lowest BCUT2D eigenvalue weighted by Gasteiger charge is -2.19. The molecule has 0 saturated heterocycles. The van der Waals surface area contributed by atoms with Gasteiger partial charge < -0.3 is 16.2 Å². The molecule has 100 valence electrons. The molecule has 1 aromatic carbocycles. The summed E-state index contributed by atoms with van der Waals surface area (Å²) >= 11 is 0. The third kappa shape index (κ3) is 4.47. The molecule has 0 heterocycles. The van der Waals surface area contributed by atoms with Crippen LogP contribution in [0.15, 0.2) is 30.3 Å². The molecule has 0 spiro atoms. The normalized spacial score (nSPS) is 13.9. The zero-order chi connectivity index (χ0) is 13.4. The maximum Gasteiger partial charge on any atom is 0.237 e. The highest BCUT2D eigenvalue weighted by Crippen LogP contribution is 2.12. The van der Waals surface area contributed by atoms with Crippen LogP contribution in [0.1, 0.15) is 37.8 Å². The number of benzene rings is 1. The lowest BCUT2D eigenvalue weighted by Crippen LogP contribution is -2.43. The molecular formula is C14H22N2O2. The smallest absolute Gasteiger partial charge is 0.237 e. The SMILES string of the molecule is CCCC[C@H](N)C(=O)N[C@H](CO)c1ccccc1. The van der Waals surface area contributed by atoms with Gasteiger partial charge >= 0.3 is 0 Å². The second kappa shape index (κ2) is 7.84. The Morgan fingerprint density at radius 3 is 2.61 bits per heavy atom. The molecule has 4 nitrogen and oxygen atoms in total. The average Bonchev–Trinajstić information content (AvgIpc) is 2.42. The Balaban J connectivity index is 2.56. The van der Waals surface area contributed by atoms with E-state index in [2.05, 4.69) is 12.2 Å². The standard InChI is InChI=1S/C14H22N2O2/c1-2-3-9-12(15)14(18)16-13(10-17)11-7-5-4-6-8-11/h4-8,12-13,17H,2-3,9-10,15H2,1H3,(H,16,18)/t12-,13+/m0/s1. The number of nitrogens with two attached hydrogens (primary N) is 1. The summed E-state index contributed by atoms with van der Waals surface area (Å²) in [4.78, 5) is 11.8. The van der Waals surface area contributed by atoms with Crippen LogP contribution in [0.25, 0.3) is 0 Å².